The molecule has 0 aromatic heterocycles. The molecule has 0 aliphatic heterocycles. The summed E-state index contributed by atoms with van der Waals surface area (Å²) in [5.74, 6) is 0.638. The van der Waals surface area contributed by atoms with E-state index in [2.05, 4.69) is 32.9 Å². The third kappa shape index (κ3) is 1.80. The molecule has 2 atom stereocenters. The highest BCUT2D eigenvalue weighted by Gasteiger charge is 2.49. The fraction of sp³-hybridized carbons (Fsp3) is 0.833. The van der Waals surface area contributed by atoms with Gasteiger partial charge in [-0.25, -0.2) is 0 Å². The standard InChI is InChI=1S/C12H22O/c1-5-6-7-10-8-9-12(4,13)11(10,2)3/h5-6,10,13H,7-9H2,1-4H3/t10-,12-/m1/s1. The lowest BCUT2D eigenvalue weighted by molar-refractivity contribution is -0.0418. The normalized spacial score (nSPS) is 38.7. The Hall–Kier alpha value is -0.300. The molecule has 0 aromatic carbocycles. The van der Waals surface area contributed by atoms with Crippen LogP contribution in [0, 0.1) is 11.3 Å². The molecule has 1 N–H and O–H groups in total. The first-order valence-electron chi connectivity index (χ1n) is 5.25. The van der Waals surface area contributed by atoms with E-state index in [1.165, 1.54) is 0 Å². The highest BCUT2D eigenvalue weighted by atomic mass is 16.3. The maximum Gasteiger partial charge on any atom is 0.0673 e. The first-order valence-corrected chi connectivity index (χ1v) is 5.25. The lowest BCUT2D eigenvalue weighted by Gasteiger charge is -2.37. The first-order chi connectivity index (χ1) is 5.92. The molecular weight excluding hydrogens is 160 g/mol. The van der Waals surface area contributed by atoms with Crippen molar-refractivity contribution in [3.05, 3.63) is 12.2 Å². The summed E-state index contributed by atoms with van der Waals surface area (Å²) < 4.78 is 0. The molecule has 1 rings (SSSR count). The molecule has 0 aromatic rings. The van der Waals surface area contributed by atoms with E-state index < -0.39 is 5.60 Å². The average molecular weight is 182 g/mol. The highest BCUT2D eigenvalue weighted by Crippen LogP contribution is 2.51. The number of rotatable bonds is 2. The van der Waals surface area contributed by atoms with E-state index in [4.69, 9.17) is 0 Å². The molecular formula is C12H22O. The number of hydrogen-bond donors (Lipinski definition) is 1. The summed E-state index contributed by atoms with van der Waals surface area (Å²) in [7, 11) is 0. The second-order valence-electron chi connectivity index (χ2n) is 5.04. The van der Waals surface area contributed by atoms with E-state index in [1.54, 1.807) is 0 Å². The lowest BCUT2D eigenvalue weighted by atomic mass is 9.72. The molecule has 0 unspecified atom stereocenters. The zero-order valence-corrected chi connectivity index (χ0v) is 9.30. The Morgan fingerprint density at radius 3 is 2.38 bits per heavy atom. The van der Waals surface area contributed by atoms with E-state index in [0.717, 1.165) is 19.3 Å². The Labute approximate surface area is 81.9 Å². The molecule has 1 heteroatoms. The maximum absolute atomic E-state index is 10.2. The average Bonchev–Trinajstić information content (AvgIpc) is 2.21. The summed E-state index contributed by atoms with van der Waals surface area (Å²) in [4.78, 5) is 0. The van der Waals surface area contributed by atoms with Crippen LogP contribution < -0.4 is 0 Å². The molecule has 76 valence electrons. The van der Waals surface area contributed by atoms with Crippen molar-refractivity contribution in [3.63, 3.8) is 0 Å². The van der Waals surface area contributed by atoms with Crippen LogP contribution in [0.4, 0.5) is 0 Å². The van der Waals surface area contributed by atoms with Crippen LogP contribution in [0.15, 0.2) is 12.2 Å². The van der Waals surface area contributed by atoms with Gasteiger partial charge in [-0.2, -0.15) is 0 Å². The van der Waals surface area contributed by atoms with Crippen molar-refractivity contribution in [2.75, 3.05) is 0 Å². The second kappa shape index (κ2) is 3.45. The largest absolute Gasteiger partial charge is 0.390 e. The maximum atomic E-state index is 10.2. The molecule has 0 amide bonds. The quantitative estimate of drug-likeness (QED) is 0.650. The van der Waals surface area contributed by atoms with E-state index in [-0.39, 0.29) is 5.41 Å². The van der Waals surface area contributed by atoms with Crippen LogP contribution in [0.25, 0.3) is 0 Å². The second-order valence-corrected chi connectivity index (χ2v) is 5.04. The molecule has 0 spiro atoms. The summed E-state index contributed by atoms with van der Waals surface area (Å²) in [6.45, 7) is 8.41. The zero-order valence-electron chi connectivity index (χ0n) is 9.30. The van der Waals surface area contributed by atoms with Crippen molar-refractivity contribution in [2.24, 2.45) is 11.3 Å². The molecule has 1 aliphatic carbocycles. The minimum Gasteiger partial charge on any atom is -0.390 e. The van der Waals surface area contributed by atoms with Gasteiger partial charge < -0.3 is 5.11 Å². The Morgan fingerprint density at radius 2 is 2.00 bits per heavy atom. The number of allylic oxidation sites excluding steroid dienone is 2. The van der Waals surface area contributed by atoms with Gasteiger partial charge in [0.15, 0.2) is 0 Å². The van der Waals surface area contributed by atoms with Crippen LogP contribution in [0.5, 0.6) is 0 Å². The summed E-state index contributed by atoms with van der Waals surface area (Å²) in [6.07, 6.45) is 7.53. The predicted molar refractivity (Wildman–Crippen MR) is 56.6 cm³/mol. The van der Waals surface area contributed by atoms with E-state index in [1.807, 2.05) is 6.92 Å². The van der Waals surface area contributed by atoms with Crippen molar-refractivity contribution >= 4 is 0 Å². The third-order valence-electron chi connectivity index (χ3n) is 4.04. The van der Waals surface area contributed by atoms with Gasteiger partial charge in [0.05, 0.1) is 5.60 Å². The van der Waals surface area contributed by atoms with Gasteiger partial charge >= 0.3 is 0 Å². The van der Waals surface area contributed by atoms with Crippen LogP contribution in [-0.4, -0.2) is 10.7 Å². The summed E-state index contributed by atoms with van der Waals surface area (Å²) in [6, 6.07) is 0. The van der Waals surface area contributed by atoms with Crippen LogP contribution in [-0.2, 0) is 0 Å². The van der Waals surface area contributed by atoms with Gasteiger partial charge in [0.25, 0.3) is 0 Å². The van der Waals surface area contributed by atoms with Crippen molar-refractivity contribution in [1.82, 2.24) is 0 Å². The number of hydrogen-bond acceptors (Lipinski definition) is 1. The lowest BCUT2D eigenvalue weighted by Crippen LogP contribution is -2.39. The summed E-state index contributed by atoms with van der Waals surface area (Å²) >= 11 is 0. The van der Waals surface area contributed by atoms with Crippen molar-refractivity contribution in [3.8, 4) is 0 Å². The van der Waals surface area contributed by atoms with Gasteiger partial charge in [-0.3, -0.25) is 0 Å². The fourth-order valence-electron chi connectivity index (χ4n) is 2.29. The predicted octanol–water partition coefficient (Wildman–Crippen LogP) is 3.14. The fourth-order valence-corrected chi connectivity index (χ4v) is 2.29. The third-order valence-corrected chi connectivity index (χ3v) is 4.04. The smallest absolute Gasteiger partial charge is 0.0673 e. The van der Waals surface area contributed by atoms with Crippen molar-refractivity contribution in [1.29, 1.82) is 0 Å². The van der Waals surface area contributed by atoms with E-state index >= 15 is 0 Å². The Balaban J connectivity index is 2.70. The van der Waals surface area contributed by atoms with Gasteiger partial charge in [0.2, 0.25) is 0 Å². The van der Waals surface area contributed by atoms with Crippen LogP contribution >= 0.6 is 0 Å². The van der Waals surface area contributed by atoms with Crippen molar-refractivity contribution in [2.45, 2.75) is 52.6 Å². The van der Waals surface area contributed by atoms with E-state index in [9.17, 15) is 5.11 Å². The Bertz CT molecular complexity index is 201. The molecule has 0 heterocycles. The summed E-state index contributed by atoms with van der Waals surface area (Å²) in [5.41, 5.74) is -0.411. The first kappa shape index (κ1) is 10.8. The molecule has 1 saturated carbocycles. The molecule has 0 saturated heterocycles. The highest BCUT2D eigenvalue weighted by molar-refractivity contribution is 5.02. The topological polar surface area (TPSA) is 20.2 Å². The molecule has 1 aliphatic rings. The van der Waals surface area contributed by atoms with Gasteiger partial charge in [-0.1, -0.05) is 26.0 Å². The summed E-state index contributed by atoms with van der Waals surface area (Å²) in [5, 5.41) is 10.2. The van der Waals surface area contributed by atoms with E-state index in [0.29, 0.717) is 5.92 Å². The molecule has 13 heavy (non-hydrogen) atoms. The Kier molecular flexibility index (Phi) is 2.86. The zero-order chi connectivity index (χ0) is 10.1. The van der Waals surface area contributed by atoms with Crippen molar-refractivity contribution < 1.29 is 5.11 Å². The molecule has 1 fully saturated rings. The minimum absolute atomic E-state index is 0.0620. The molecule has 0 bridgehead atoms. The number of aliphatic hydroxyl groups is 1. The SMILES string of the molecule is CC=CC[C@@H]1CC[C@@](C)(O)C1(C)C. The van der Waals surface area contributed by atoms with Gasteiger partial charge in [-0.15, -0.1) is 0 Å². The van der Waals surface area contributed by atoms with Gasteiger partial charge in [-0.05, 0) is 44.4 Å². The minimum atomic E-state index is -0.473. The van der Waals surface area contributed by atoms with Gasteiger partial charge in [0.1, 0.15) is 0 Å². The molecule has 0 radical (unpaired) electrons. The Morgan fingerprint density at radius 1 is 1.38 bits per heavy atom. The van der Waals surface area contributed by atoms with Gasteiger partial charge in [0, 0.05) is 0 Å². The van der Waals surface area contributed by atoms with Crippen LogP contribution in [0.1, 0.15) is 47.0 Å². The van der Waals surface area contributed by atoms with Crippen LogP contribution in [0.2, 0.25) is 0 Å². The van der Waals surface area contributed by atoms with Crippen LogP contribution in [0.3, 0.4) is 0 Å². The molecule has 1 nitrogen and oxygen atoms in total. The monoisotopic (exact) mass is 182 g/mol.